The van der Waals surface area contributed by atoms with Gasteiger partial charge in [0.2, 0.25) is 0 Å². The van der Waals surface area contributed by atoms with Gasteiger partial charge in [-0.15, -0.1) is 0 Å². The van der Waals surface area contributed by atoms with E-state index < -0.39 is 0 Å². The van der Waals surface area contributed by atoms with Crippen molar-refractivity contribution in [3.63, 3.8) is 0 Å². The Kier molecular flexibility index (Phi) is 3.01. The van der Waals surface area contributed by atoms with E-state index in [-0.39, 0.29) is 0 Å². The summed E-state index contributed by atoms with van der Waals surface area (Å²) in [5, 5.41) is 9.97. The van der Waals surface area contributed by atoms with Gasteiger partial charge in [-0.25, -0.2) is 4.98 Å². The van der Waals surface area contributed by atoms with E-state index in [1.165, 1.54) is 0 Å². The van der Waals surface area contributed by atoms with E-state index in [2.05, 4.69) is 36.4 Å². The van der Waals surface area contributed by atoms with Crippen LogP contribution in [-0.2, 0) is 6.54 Å². The first-order chi connectivity index (χ1) is 7.25. The van der Waals surface area contributed by atoms with Gasteiger partial charge < -0.3 is 5.32 Å². The van der Waals surface area contributed by atoms with Gasteiger partial charge >= 0.3 is 0 Å². The predicted octanol–water partition coefficient (Wildman–Crippen LogP) is 2.49. The molecule has 0 radical (unpaired) electrons. The molecule has 2 heterocycles. The summed E-state index contributed by atoms with van der Waals surface area (Å²) in [7, 11) is 0. The van der Waals surface area contributed by atoms with Crippen molar-refractivity contribution in [2.45, 2.75) is 13.5 Å². The Hall–Kier alpha value is -1.36. The zero-order valence-corrected chi connectivity index (χ0v) is 9.87. The highest BCUT2D eigenvalue weighted by Gasteiger charge is 2.01. The van der Waals surface area contributed by atoms with E-state index in [1.54, 1.807) is 6.20 Å². The van der Waals surface area contributed by atoms with Gasteiger partial charge in [0.25, 0.3) is 0 Å². The van der Waals surface area contributed by atoms with Crippen LogP contribution in [0.4, 0.5) is 5.82 Å². The van der Waals surface area contributed by atoms with Crippen LogP contribution in [0.1, 0.15) is 11.3 Å². The van der Waals surface area contributed by atoms with E-state index in [9.17, 15) is 0 Å². The second-order valence-corrected chi connectivity index (χ2v) is 4.13. The molecule has 0 aliphatic carbocycles. The fraction of sp³-hybridized carbons (Fsp3) is 0.200. The number of hydrogen-bond donors (Lipinski definition) is 2. The van der Waals surface area contributed by atoms with Crippen molar-refractivity contribution in [3.05, 3.63) is 40.3 Å². The summed E-state index contributed by atoms with van der Waals surface area (Å²) < 4.78 is 0.974. The average Bonchev–Trinajstić information content (AvgIpc) is 2.69. The summed E-state index contributed by atoms with van der Waals surface area (Å²) in [6, 6.07) is 3.96. The molecule has 78 valence electrons. The van der Waals surface area contributed by atoms with Gasteiger partial charge in [-0.1, -0.05) is 0 Å². The number of pyridine rings is 1. The molecule has 2 N–H and O–H groups in total. The standard InChI is InChI=1S/C10H11BrN4/c1-7-4-9(11)10(12-5-7)13-6-8-2-3-14-15-8/h2-5H,6H2,1H3,(H,12,13)(H,14,15). The molecule has 0 unspecified atom stereocenters. The predicted molar refractivity (Wildman–Crippen MR) is 62.6 cm³/mol. The monoisotopic (exact) mass is 266 g/mol. The minimum atomic E-state index is 0.689. The number of aromatic amines is 1. The second-order valence-electron chi connectivity index (χ2n) is 3.28. The average molecular weight is 267 g/mol. The first-order valence-electron chi connectivity index (χ1n) is 4.60. The molecule has 4 nitrogen and oxygen atoms in total. The van der Waals surface area contributed by atoms with Crippen LogP contribution in [0.5, 0.6) is 0 Å². The van der Waals surface area contributed by atoms with Crippen molar-refractivity contribution < 1.29 is 0 Å². The topological polar surface area (TPSA) is 53.6 Å². The zero-order valence-electron chi connectivity index (χ0n) is 8.29. The molecule has 0 saturated carbocycles. The highest BCUT2D eigenvalue weighted by atomic mass is 79.9. The minimum absolute atomic E-state index is 0.689. The van der Waals surface area contributed by atoms with Crippen LogP contribution in [0, 0.1) is 6.92 Å². The summed E-state index contributed by atoms with van der Waals surface area (Å²) in [6.07, 6.45) is 3.56. The molecule has 0 aromatic carbocycles. The molecule has 0 aliphatic heterocycles. The maximum absolute atomic E-state index is 4.28. The van der Waals surface area contributed by atoms with Gasteiger partial charge in [0.15, 0.2) is 0 Å². The van der Waals surface area contributed by atoms with Crippen molar-refractivity contribution in [2.24, 2.45) is 0 Å². The molecule has 0 spiro atoms. The molecule has 5 heteroatoms. The number of nitrogens with one attached hydrogen (secondary N) is 2. The Labute approximate surface area is 96.3 Å². The smallest absolute Gasteiger partial charge is 0.140 e. The molecule has 0 aliphatic rings. The fourth-order valence-corrected chi connectivity index (χ4v) is 1.83. The first-order valence-corrected chi connectivity index (χ1v) is 5.39. The lowest BCUT2D eigenvalue weighted by molar-refractivity contribution is 0.972. The number of hydrogen-bond acceptors (Lipinski definition) is 3. The molecule has 0 atom stereocenters. The van der Waals surface area contributed by atoms with E-state index >= 15 is 0 Å². The van der Waals surface area contributed by atoms with Crippen molar-refractivity contribution in [1.29, 1.82) is 0 Å². The van der Waals surface area contributed by atoms with Gasteiger partial charge in [0.1, 0.15) is 5.82 Å². The number of H-pyrrole nitrogens is 1. The molecule has 2 rings (SSSR count). The van der Waals surface area contributed by atoms with E-state index in [0.29, 0.717) is 6.54 Å². The summed E-state index contributed by atoms with van der Waals surface area (Å²) in [4.78, 5) is 4.28. The Balaban J connectivity index is 2.05. The summed E-state index contributed by atoms with van der Waals surface area (Å²) in [5.74, 6) is 0.843. The van der Waals surface area contributed by atoms with Crippen LogP contribution in [0.2, 0.25) is 0 Å². The number of aromatic nitrogens is 3. The van der Waals surface area contributed by atoms with Gasteiger partial charge in [-0.2, -0.15) is 5.10 Å². The molecule has 15 heavy (non-hydrogen) atoms. The quantitative estimate of drug-likeness (QED) is 0.898. The van der Waals surface area contributed by atoms with Gasteiger partial charge in [0.05, 0.1) is 16.7 Å². The summed E-state index contributed by atoms with van der Waals surface area (Å²) >= 11 is 3.46. The van der Waals surface area contributed by atoms with Crippen LogP contribution in [-0.4, -0.2) is 15.2 Å². The van der Waals surface area contributed by atoms with Gasteiger partial charge in [-0.05, 0) is 40.5 Å². The largest absolute Gasteiger partial charge is 0.364 e. The third-order valence-corrected chi connectivity index (χ3v) is 2.59. The Bertz CT molecular complexity index is 439. The molecule has 0 saturated heterocycles. The van der Waals surface area contributed by atoms with E-state index in [1.807, 2.05) is 25.3 Å². The second kappa shape index (κ2) is 4.44. The van der Waals surface area contributed by atoms with Crippen LogP contribution in [0.25, 0.3) is 0 Å². The highest BCUT2D eigenvalue weighted by molar-refractivity contribution is 9.10. The number of rotatable bonds is 3. The molecule has 0 fully saturated rings. The van der Waals surface area contributed by atoms with Gasteiger partial charge in [-0.3, -0.25) is 5.10 Å². The van der Waals surface area contributed by atoms with Crippen LogP contribution >= 0.6 is 15.9 Å². The Morgan fingerprint density at radius 1 is 1.53 bits per heavy atom. The number of aryl methyl sites for hydroxylation is 1. The molecular weight excluding hydrogens is 256 g/mol. The third-order valence-electron chi connectivity index (χ3n) is 1.98. The van der Waals surface area contributed by atoms with Crippen molar-refractivity contribution in [3.8, 4) is 0 Å². The van der Waals surface area contributed by atoms with Crippen LogP contribution in [0.3, 0.4) is 0 Å². The number of halogens is 1. The lowest BCUT2D eigenvalue weighted by atomic mass is 10.3. The minimum Gasteiger partial charge on any atom is -0.364 e. The molecule has 2 aromatic heterocycles. The van der Waals surface area contributed by atoms with Gasteiger partial charge in [0, 0.05) is 12.4 Å². The third kappa shape index (κ3) is 2.56. The van der Waals surface area contributed by atoms with E-state index in [0.717, 1.165) is 21.5 Å². The highest BCUT2D eigenvalue weighted by Crippen LogP contribution is 2.20. The molecular formula is C10H11BrN4. The Morgan fingerprint density at radius 3 is 3.07 bits per heavy atom. The van der Waals surface area contributed by atoms with Crippen molar-refractivity contribution in [1.82, 2.24) is 15.2 Å². The fourth-order valence-electron chi connectivity index (χ4n) is 1.23. The molecule has 0 bridgehead atoms. The maximum atomic E-state index is 4.28. The lowest BCUT2D eigenvalue weighted by Crippen LogP contribution is -2.02. The maximum Gasteiger partial charge on any atom is 0.140 e. The number of nitrogens with zero attached hydrogens (tertiary/aromatic N) is 2. The van der Waals surface area contributed by atoms with Crippen LogP contribution < -0.4 is 5.32 Å². The number of anilines is 1. The molecule has 0 amide bonds. The van der Waals surface area contributed by atoms with Crippen molar-refractivity contribution >= 4 is 21.7 Å². The SMILES string of the molecule is Cc1cnc(NCc2ccn[nH]2)c(Br)c1. The normalized spacial score (nSPS) is 10.3. The van der Waals surface area contributed by atoms with Crippen LogP contribution in [0.15, 0.2) is 29.0 Å². The summed E-state index contributed by atoms with van der Waals surface area (Å²) in [5.41, 5.74) is 2.17. The van der Waals surface area contributed by atoms with Crippen molar-refractivity contribution in [2.75, 3.05) is 5.32 Å². The molecule has 2 aromatic rings. The first kappa shape index (κ1) is 10.2. The lowest BCUT2D eigenvalue weighted by Gasteiger charge is -2.06. The zero-order chi connectivity index (χ0) is 10.7. The van der Waals surface area contributed by atoms with E-state index in [4.69, 9.17) is 0 Å². The summed E-state index contributed by atoms with van der Waals surface area (Å²) in [6.45, 7) is 2.70. The Morgan fingerprint density at radius 2 is 2.40 bits per heavy atom.